The maximum Gasteiger partial charge on any atom is 0.340 e. The Hall–Kier alpha value is -2.07. The third kappa shape index (κ3) is 2.15. The Kier molecular flexibility index (Phi) is 3.71. The minimum Gasteiger partial charge on any atom is -0.465 e. The van der Waals surface area contributed by atoms with Crippen LogP contribution in [0, 0.1) is 6.92 Å². The van der Waals surface area contributed by atoms with E-state index in [1.54, 1.807) is 0 Å². The summed E-state index contributed by atoms with van der Waals surface area (Å²) in [6.07, 6.45) is 0. The van der Waals surface area contributed by atoms with Gasteiger partial charge in [-0.15, -0.1) is 0 Å². The van der Waals surface area contributed by atoms with Gasteiger partial charge < -0.3 is 14.4 Å². The quantitative estimate of drug-likeness (QED) is 0.860. The molecule has 1 aromatic carbocycles. The Balaban J connectivity index is 2.77. The topological polar surface area (TPSA) is 51.5 Å². The van der Waals surface area contributed by atoms with Crippen molar-refractivity contribution in [3.05, 3.63) is 47.3 Å². The molecule has 1 N–H and O–H groups in total. The number of nitrogens with zero attached hydrogens (tertiary/aromatic N) is 1. The second-order valence-corrected chi connectivity index (χ2v) is 4.36. The zero-order valence-corrected chi connectivity index (χ0v) is 11.3. The largest absolute Gasteiger partial charge is 0.465 e. The van der Waals surface area contributed by atoms with Crippen LogP contribution in [0.15, 0.2) is 30.3 Å². The van der Waals surface area contributed by atoms with Gasteiger partial charge in [-0.2, -0.15) is 0 Å². The molecule has 0 aliphatic carbocycles. The molecule has 1 aromatic heterocycles. The van der Waals surface area contributed by atoms with E-state index in [9.17, 15) is 9.90 Å². The highest BCUT2D eigenvalue weighted by Gasteiger charge is 2.24. The molecule has 1 heterocycles. The highest BCUT2D eigenvalue weighted by Crippen LogP contribution is 2.32. The maximum absolute atomic E-state index is 12.0. The first-order chi connectivity index (χ1) is 9.11. The van der Waals surface area contributed by atoms with Crippen LogP contribution in [-0.4, -0.2) is 22.8 Å². The normalized spacial score (nSPS) is 10.5. The van der Waals surface area contributed by atoms with Crippen LogP contribution >= 0.6 is 0 Å². The molecular formula is C15H17NO3. The molecule has 0 aliphatic heterocycles. The lowest BCUT2D eigenvalue weighted by Gasteiger charge is -2.06. The molecule has 0 saturated carbocycles. The van der Waals surface area contributed by atoms with Gasteiger partial charge in [-0.25, -0.2) is 4.79 Å². The van der Waals surface area contributed by atoms with E-state index < -0.39 is 0 Å². The van der Waals surface area contributed by atoms with Crippen molar-refractivity contribution in [3.63, 3.8) is 0 Å². The molecule has 0 saturated heterocycles. The smallest absolute Gasteiger partial charge is 0.340 e. The highest BCUT2D eigenvalue weighted by molar-refractivity contribution is 5.99. The fourth-order valence-electron chi connectivity index (χ4n) is 2.32. The van der Waals surface area contributed by atoms with Gasteiger partial charge in [0.2, 0.25) is 0 Å². The van der Waals surface area contributed by atoms with Crippen LogP contribution in [0.5, 0.6) is 0 Å². The molecule has 0 amide bonds. The molecule has 0 atom stereocenters. The minimum absolute atomic E-state index is 0.126. The number of hydrogen-bond donors (Lipinski definition) is 1. The molecule has 0 bridgehead atoms. The number of aromatic nitrogens is 1. The second kappa shape index (κ2) is 5.28. The number of carbonyl (C=O) groups is 1. The Morgan fingerprint density at radius 2 is 1.95 bits per heavy atom. The third-order valence-electron chi connectivity index (χ3n) is 3.41. The Labute approximate surface area is 112 Å². The molecule has 4 heteroatoms. The summed E-state index contributed by atoms with van der Waals surface area (Å²) in [7, 11) is 3.20. The van der Waals surface area contributed by atoms with Gasteiger partial charge in [0.1, 0.15) is 0 Å². The zero-order chi connectivity index (χ0) is 14.0. The van der Waals surface area contributed by atoms with Crippen LogP contribution in [-0.2, 0) is 18.4 Å². The molecule has 0 fully saturated rings. The summed E-state index contributed by atoms with van der Waals surface area (Å²) in [5, 5.41) is 9.58. The second-order valence-electron chi connectivity index (χ2n) is 4.36. The summed E-state index contributed by atoms with van der Waals surface area (Å²) in [5.74, 6) is -0.383. The predicted octanol–water partition coefficient (Wildman–Crippen LogP) is 2.28. The standard InChI is InChI=1S/C15H17NO3/c1-10-13(15(18)19-3)14(12(9-17)16(10)2)11-7-5-4-6-8-11/h4-8,17H,9H2,1-3H3. The van der Waals surface area contributed by atoms with Gasteiger partial charge in [-0.1, -0.05) is 30.3 Å². The zero-order valence-electron chi connectivity index (χ0n) is 11.3. The van der Waals surface area contributed by atoms with E-state index in [0.717, 1.165) is 16.8 Å². The molecule has 0 spiro atoms. The number of aliphatic hydroxyl groups is 1. The molecule has 19 heavy (non-hydrogen) atoms. The van der Waals surface area contributed by atoms with Crippen LogP contribution < -0.4 is 0 Å². The van der Waals surface area contributed by atoms with Crippen molar-refractivity contribution in [3.8, 4) is 11.1 Å². The van der Waals surface area contributed by atoms with Crippen LogP contribution in [0.4, 0.5) is 0 Å². The van der Waals surface area contributed by atoms with E-state index in [2.05, 4.69) is 0 Å². The van der Waals surface area contributed by atoms with Gasteiger partial charge >= 0.3 is 5.97 Å². The lowest BCUT2D eigenvalue weighted by atomic mass is 10.0. The lowest BCUT2D eigenvalue weighted by Crippen LogP contribution is -2.04. The summed E-state index contributed by atoms with van der Waals surface area (Å²) in [6, 6.07) is 9.55. The van der Waals surface area contributed by atoms with Gasteiger partial charge in [0.15, 0.2) is 0 Å². The number of hydrogen-bond acceptors (Lipinski definition) is 3. The van der Waals surface area contributed by atoms with Crippen molar-refractivity contribution in [2.24, 2.45) is 7.05 Å². The fraction of sp³-hybridized carbons (Fsp3) is 0.267. The molecule has 0 radical (unpaired) electrons. The first kappa shape index (κ1) is 13.4. The Morgan fingerprint density at radius 1 is 1.32 bits per heavy atom. The van der Waals surface area contributed by atoms with Crippen LogP contribution in [0.1, 0.15) is 21.7 Å². The third-order valence-corrected chi connectivity index (χ3v) is 3.41. The average Bonchev–Trinajstić information content (AvgIpc) is 2.71. The van der Waals surface area contributed by atoms with E-state index in [1.165, 1.54) is 7.11 Å². The Bertz CT molecular complexity index is 600. The minimum atomic E-state index is -0.383. The number of esters is 1. The first-order valence-electron chi connectivity index (χ1n) is 6.04. The van der Waals surface area contributed by atoms with Crippen LogP contribution in [0.25, 0.3) is 11.1 Å². The number of benzene rings is 1. The lowest BCUT2D eigenvalue weighted by molar-refractivity contribution is 0.0600. The van der Waals surface area contributed by atoms with E-state index in [-0.39, 0.29) is 12.6 Å². The SMILES string of the molecule is COC(=O)c1c(-c2ccccc2)c(CO)n(C)c1C. The molecule has 2 aromatic rings. The number of carbonyl (C=O) groups excluding carboxylic acids is 1. The highest BCUT2D eigenvalue weighted by atomic mass is 16.5. The molecule has 0 aliphatic rings. The first-order valence-corrected chi connectivity index (χ1v) is 6.04. The van der Waals surface area contributed by atoms with E-state index >= 15 is 0 Å². The molecule has 100 valence electrons. The van der Waals surface area contributed by atoms with E-state index in [0.29, 0.717) is 11.3 Å². The monoisotopic (exact) mass is 259 g/mol. The summed E-state index contributed by atoms with van der Waals surface area (Å²) in [6.45, 7) is 1.72. The maximum atomic E-state index is 12.0. The number of methoxy groups -OCH3 is 1. The molecular weight excluding hydrogens is 242 g/mol. The average molecular weight is 259 g/mol. The van der Waals surface area contributed by atoms with Crippen molar-refractivity contribution in [2.75, 3.05) is 7.11 Å². The van der Waals surface area contributed by atoms with Gasteiger partial charge in [-0.05, 0) is 12.5 Å². The summed E-state index contributed by atoms with van der Waals surface area (Å²) < 4.78 is 6.69. The van der Waals surface area contributed by atoms with Gasteiger partial charge in [0.05, 0.1) is 25.0 Å². The van der Waals surface area contributed by atoms with Gasteiger partial charge in [0, 0.05) is 18.3 Å². The number of rotatable bonds is 3. The predicted molar refractivity (Wildman–Crippen MR) is 72.8 cm³/mol. The molecule has 4 nitrogen and oxygen atoms in total. The molecule has 0 unspecified atom stereocenters. The van der Waals surface area contributed by atoms with E-state index in [1.807, 2.05) is 48.9 Å². The van der Waals surface area contributed by atoms with Gasteiger partial charge in [0.25, 0.3) is 0 Å². The van der Waals surface area contributed by atoms with E-state index in [4.69, 9.17) is 4.74 Å². The van der Waals surface area contributed by atoms with Crippen molar-refractivity contribution in [1.29, 1.82) is 0 Å². The van der Waals surface area contributed by atoms with Crippen LogP contribution in [0.3, 0.4) is 0 Å². The summed E-state index contributed by atoms with van der Waals surface area (Å²) in [4.78, 5) is 12.0. The number of ether oxygens (including phenoxy) is 1. The van der Waals surface area contributed by atoms with Crippen molar-refractivity contribution >= 4 is 5.97 Å². The van der Waals surface area contributed by atoms with Crippen molar-refractivity contribution in [2.45, 2.75) is 13.5 Å². The summed E-state index contributed by atoms with van der Waals surface area (Å²) in [5.41, 5.74) is 3.66. The number of aliphatic hydroxyl groups excluding tert-OH is 1. The Morgan fingerprint density at radius 3 is 2.47 bits per heavy atom. The van der Waals surface area contributed by atoms with Crippen molar-refractivity contribution < 1.29 is 14.6 Å². The van der Waals surface area contributed by atoms with Gasteiger partial charge in [-0.3, -0.25) is 0 Å². The van der Waals surface area contributed by atoms with Crippen molar-refractivity contribution in [1.82, 2.24) is 4.57 Å². The fourth-order valence-corrected chi connectivity index (χ4v) is 2.32. The van der Waals surface area contributed by atoms with Crippen LogP contribution in [0.2, 0.25) is 0 Å². The molecule has 2 rings (SSSR count). The summed E-state index contributed by atoms with van der Waals surface area (Å²) >= 11 is 0.